The maximum absolute atomic E-state index is 11.9. The van der Waals surface area contributed by atoms with E-state index in [0.29, 0.717) is 13.2 Å². The number of ether oxygens (including phenoxy) is 1. The second-order valence-corrected chi connectivity index (χ2v) is 6.82. The van der Waals surface area contributed by atoms with Crippen LogP contribution in [-0.2, 0) is 25.4 Å². The van der Waals surface area contributed by atoms with E-state index < -0.39 is 10.0 Å². The van der Waals surface area contributed by atoms with Crippen molar-refractivity contribution in [2.24, 2.45) is 0 Å². The zero-order valence-corrected chi connectivity index (χ0v) is 13.1. The van der Waals surface area contributed by atoms with Crippen LogP contribution in [0.25, 0.3) is 0 Å². The zero-order chi connectivity index (χ0) is 15.1. The van der Waals surface area contributed by atoms with Crippen LogP contribution in [0.3, 0.4) is 0 Å². The van der Waals surface area contributed by atoms with E-state index in [-0.39, 0.29) is 5.75 Å². The third kappa shape index (κ3) is 6.11. The minimum atomic E-state index is -3.47. The third-order valence-corrected chi connectivity index (χ3v) is 4.36. The van der Waals surface area contributed by atoms with Gasteiger partial charge in [-0.2, -0.15) is 0 Å². The van der Waals surface area contributed by atoms with Gasteiger partial charge in [-0.25, -0.2) is 8.42 Å². The molecule has 6 nitrogen and oxygen atoms in total. The third-order valence-electron chi connectivity index (χ3n) is 3.28. The van der Waals surface area contributed by atoms with Gasteiger partial charge in [-0.15, -0.1) is 0 Å². The van der Waals surface area contributed by atoms with E-state index in [1.54, 1.807) is 0 Å². The van der Waals surface area contributed by atoms with E-state index in [1.807, 2.05) is 31.2 Å². The highest BCUT2D eigenvalue weighted by molar-refractivity contribution is 7.88. The predicted octanol–water partition coefficient (Wildman–Crippen LogP) is 0.678. The van der Waals surface area contributed by atoms with E-state index in [0.717, 1.165) is 37.4 Å². The first-order valence-electron chi connectivity index (χ1n) is 7.02. The molecule has 1 N–H and O–H groups in total. The van der Waals surface area contributed by atoms with Crippen molar-refractivity contribution in [1.82, 2.24) is 9.79 Å². The van der Waals surface area contributed by atoms with Crippen LogP contribution in [0.1, 0.15) is 11.1 Å². The second kappa shape index (κ2) is 7.86. The fraction of sp³-hybridized carbons (Fsp3) is 0.571. The summed E-state index contributed by atoms with van der Waals surface area (Å²) in [6.07, 6.45) is 0. The van der Waals surface area contributed by atoms with Gasteiger partial charge in [0.05, 0.1) is 25.6 Å². The maximum atomic E-state index is 11.9. The average Bonchev–Trinajstić information content (AvgIpc) is 2.47. The molecular formula is C14H22N2O4S. The first-order valence-corrected chi connectivity index (χ1v) is 8.67. The van der Waals surface area contributed by atoms with Crippen molar-refractivity contribution in [3.8, 4) is 0 Å². The molecule has 1 aromatic rings. The number of aryl methyl sites for hydroxylation is 1. The summed E-state index contributed by atoms with van der Waals surface area (Å²) in [5, 5.41) is 0. The Labute approximate surface area is 126 Å². The Kier molecular flexibility index (Phi) is 6.13. The second-order valence-electron chi connectivity index (χ2n) is 5.13. The molecule has 0 aliphatic carbocycles. The smallest absolute Gasteiger partial charge is 0.237 e. The molecular weight excluding hydrogens is 292 g/mol. The molecule has 1 heterocycles. The van der Waals surface area contributed by atoms with Crippen LogP contribution in [0.5, 0.6) is 0 Å². The number of hydrogen-bond donors (Lipinski definition) is 1. The summed E-state index contributed by atoms with van der Waals surface area (Å²) in [5.74, 6) is -0.0785. The van der Waals surface area contributed by atoms with Gasteiger partial charge in [0.15, 0.2) is 0 Å². The number of benzene rings is 1. The Bertz CT molecular complexity index is 524. The van der Waals surface area contributed by atoms with Gasteiger partial charge in [0.1, 0.15) is 0 Å². The van der Waals surface area contributed by atoms with E-state index in [4.69, 9.17) is 9.57 Å². The summed E-state index contributed by atoms with van der Waals surface area (Å²) in [6.45, 7) is 6.14. The highest BCUT2D eigenvalue weighted by atomic mass is 32.2. The largest absolute Gasteiger partial charge is 0.379 e. The van der Waals surface area contributed by atoms with E-state index in [1.165, 1.54) is 0 Å². The fourth-order valence-corrected chi connectivity index (χ4v) is 3.02. The van der Waals surface area contributed by atoms with Crippen LogP contribution >= 0.6 is 0 Å². The molecule has 1 aliphatic heterocycles. The van der Waals surface area contributed by atoms with Crippen LogP contribution in [0.2, 0.25) is 0 Å². The lowest BCUT2D eigenvalue weighted by Crippen LogP contribution is -2.39. The molecule has 0 saturated carbocycles. The first kappa shape index (κ1) is 16.4. The predicted molar refractivity (Wildman–Crippen MR) is 80.1 cm³/mol. The van der Waals surface area contributed by atoms with Gasteiger partial charge in [0.25, 0.3) is 0 Å². The summed E-state index contributed by atoms with van der Waals surface area (Å²) < 4.78 is 29.0. The molecule has 1 aromatic carbocycles. The van der Waals surface area contributed by atoms with Crippen molar-refractivity contribution in [3.63, 3.8) is 0 Å². The molecule has 0 radical (unpaired) electrons. The Morgan fingerprint density at radius 2 is 1.90 bits per heavy atom. The SMILES string of the molecule is Cc1ccc(CS(=O)(=O)NOCCN2CCOCC2)cc1. The van der Waals surface area contributed by atoms with Gasteiger partial charge in [-0.1, -0.05) is 34.7 Å². The number of hydrogen-bond acceptors (Lipinski definition) is 5. The van der Waals surface area contributed by atoms with Crippen LogP contribution in [0.4, 0.5) is 0 Å². The molecule has 1 fully saturated rings. The van der Waals surface area contributed by atoms with Gasteiger partial charge in [0, 0.05) is 19.6 Å². The molecule has 0 spiro atoms. The minimum absolute atomic E-state index is 0.0785. The lowest BCUT2D eigenvalue weighted by atomic mass is 10.2. The molecule has 2 rings (SSSR count). The van der Waals surface area contributed by atoms with Gasteiger partial charge in [-0.3, -0.25) is 9.74 Å². The lowest BCUT2D eigenvalue weighted by Gasteiger charge is -2.26. The Hall–Kier alpha value is -0.990. The number of rotatable bonds is 7. The Morgan fingerprint density at radius 1 is 1.24 bits per heavy atom. The quantitative estimate of drug-likeness (QED) is 0.592. The Balaban J connectivity index is 1.69. The van der Waals surface area contributed by atoms with Crippen molar-refractivity contribution in [2.45, 2.75) is 12.7 Å². The summed E-state index contributed by atoms with van der Waals surface area (Å²) in [7, 11) is -3.47. The highest BCUT2D eigenvalue weighted by Gasteiger charge is 2.13. The summed E-state index contributed by atoms with van der Waals surface area (Å²) in [6, 6.07) is 7.40. The maximum Gasteiger partial charge on any atom is 0.237 e. The van der Waals surface area contributed by atoms with Crippen LogP contribution in [0.15, 0.2) is 24.3 Å². The monoisotopic (exact) mass is 314 g/mol. The topological polar surface area (TPSA) is 67.9 Å². The van der Waals surface area contributed by atoms with Gasteiger partial charge >= 0.3 is 0 Å². The van der Waals surface area contributed by atoms with E-state index in [9.17, 15) is 8.42 Å². The molecule has 0 atom stereocenters. The van der Waals surface area contributed by atoms with Crippen LogP contribution < -0.4 is 4.89 Å². The summed E-state index contributed by atoms with van der Waals surface area (Å²) in [4.78, 5) is 9.43. The van der Waals surface area contributed by atoms with Crippen molar-refractivity contribution in [2.75, 3.05) is 39.5 Å². The molecule has 0 amide bonds. The normalized spacial score (nSPS) is 17.0. The Morgan fingerprint density at radius 3 is 2.57 bits per heavy atom. The molecule has 0 bridgehead atoms. The van der Waals surface area contributed by atoms with Crippen molar-refractivity contribution >= 4 is 10.0 Å². The molecule has 7 heteroatoms. The summed E-state index contributed by atoms with van der Waals surface area (Å²) >= 11 is 0. The summed E-state index contributed by atoms with van der Waals surface area (Å²) in [5.41, 5.74) is 1.84. The van der Waals surface area contributed by atoms with Crippen molar-refractivity contribution in [3.05, 3.63) is 35.4 Å². The number of nitrogens with zero attached hydrogens (tertiary/aromatic N) is 1. The first-order chi connectivity index (χ1) is 10.1. The highest BCUT2D eigenvalue weighted by Crippen LogP contribution is 2.07. The molecule has 21 heavy (non-hydrogen) atoms. The standard InChI is InChI=1S/C14H22N2O4S/c1-13-2-4-14(5-3-13)12-21(17,18)15-20-11-8-16-6-9-19-10-7-16/h2-5,15H,6-12H2,1H3. The van der Waals surface area contributed by atoms with Crippen LogP contribution in [0, 0.1) is 6.92 Å². The molecule has 0 unspecified atom stereocenters. The van der Waals surface area contributed by atoms with Crippen molar-refractivity contribution < 1.29 is 18.0 Å². The molecule has 118 valence electrons. The number of sulfonamides is 1. The fourth-order valence-electron chi connectivity index (χ4n) is 2.06. The van der Waals surface area contributed by atoms with Gasteiger partial charge < -0.3 is 4.74 Å². The zero-order valence-electron chi connectivity index (χ0n) is 12.2. The number of morpholine rings is 1. The van der Waals surface area contributed by atoms with Gasteiger partial charge in [-0.05, 0) is 12.5 Å². The number of nitrogens with one attached hydrogen (secondary N) is 1. The van der Waals surface area contributed by atoms with Crippen molar-refractivity contribution in [1.29, 1.82) is 0 Å². The molecule has 0 aromatic heterocycles. The van der Waals surface area contributed by atoms with Crippen LogP contribution in [-0.4, -0.2) is 52.8 Å². The van der Waals surface area contributed by atoms with Gasteiger partial charge in [0.2, 0.25) is 10.0 Å². The average molecular weight is 314 g/mol. The molecule has 1 aliphatic rings. The van der Waals surface area contributed by atoms with E-state index >= 15 is 0 Å². The molecule has 1 saturated heterocycles. The van der Waals surface area contributed by atoms with E-state index in [2.05, 4.69) is 9.79 Å². The minimum Gasteiger partial charge on any atom is -0.379 e. The lowest BCUT2D eigenvalue weighted by molar-refractivity contribution is 0.0125.